The Labute approximate surface area is 156 Å². The number of hydrogen-bond donors (Lipinski definition) is 0. The highest BCUT2D eigenvalue weighted by Crippen LogP contribution is 2.54. The highest BCUT2D eigenvalue weighted by molar-refractivity contribution is 5.66. The van der Waals surface area contributed by atoms with Crippen molar-refractivity contribution >= 4 is 0 Å². The first-order valence-corrected chi connectivity index (χ1v) is 8.69. The third-order valence-electron chi connectivity index (χ3n) is 4.96. The summed E-state index contributed by atoms with van der Waals surface area (Å²) in [6.45, 7) is 1.81. The average molecular weight is 408 g/mol. The van der Waals surface area contributed by atoms with Gasteiger partial charge >= 0.3 is 11.8 Å². The minimum atomic E-state index is -4.39. The molecule has 1 aliphatic rings. The van der Waals surface area contributed by atoms with Crippen LogP contribution < -0.4 is 0 Å². The molecule has 2 aromatic rings. The summed E-state index contributed by atoms with van der Waals surface area (Å²) in [4.78, 5) is 0. The van der Waals surface area contributed by atoms with Crippen LogP contribution in [0.25, 0.3) is 11.1 Å². The van der Waals surface area contributed by atoms with Crippen LogP contribution in [0, 0.1) is 23.3 Å². The van der Waals surface area contributed by atoms with Gasteiger partial charge in [0.1, 0.15) is 23.3 Å². The van der Waals surface area contributed by atoms with Gasteiger partial charge in [-0.1, -0.05) is 13.3 Å². The largest absolute Gasteiger partial charge is 0.310 e. The van der Waals surface area contributed by atoms with Crippen LogP contribution in [0.4, 0.5) is 35.1 Å². The fraction of sp³-hybridized carbons (Fsp3) is 0.400. The van der Waals surface area contributed by atoms with Crippen molar-refractivity contribution in [1.82, 2.24) is 0 Å². The number of hydrogen-bond acceptors (Lipinski definition) is 0. The molecule has 2 aromatic carbocycles. The van der Waals surface area contributed by atoms with Crippen LogP contribution in [0.15, 0.2) is 24.3 Å². The lowest BCUT2D eigenvalue weighted by molar-refractivity contribution is -0.185. The van der Waals surface area contributed by atoms with E-state index in [-0.39, 0.29) is 0 Å². The van der Waals surface area contributed by atoms with Gasteiger partial charge in [0.05, 0.1) is 5.56 Å². The number of aryl methyl sites for hydroxylation is 1. The van der Waals surface area contributed by atoms with Gasteiger partial charge in [-0.2, -0.15) is 17.6 Å². The second-order valence-corrected chi connectivity index (χ2v) is 7.05. The summed E-state index contributed by atoms with van der Waals surface area (Å²) in [5.74, 6) is -15.4. The molecule has 0 saturated heterocycles. The summed E-state index contributed by atoms with van der Waals surface area (Å²) in [6.07, 6.45) is -1.80. The summed E-state index contributed by atoms with van der Waals surface area (Å²) in [6, 6.07) is 3.25. The Morgan fingerprint density at radius 2 is 1.25 bits per heavy atom. The predicted molar refractivity (Wildman–Crippen MR) is 87.6 cm³/mol. The molecule has 28 heavy (non-hydrogen) atoms. The molecule has 0 aromatic heterocycles. The minimum Gasteiger partial charge on any atom is -0.207 e. The van der Waals surface area contributed by atoms with E-state index in [9.17, 15) is 35.1 Å². The number of alkyl halides is 4. The SMILES string of the molecule is CCCc1cc(F)c(-c2cc(F)c(C3CC(F)(F)C(F)(F)C3)c(F)c2)c(F)c1. The van der Waals surface area contributed by atoms with Crippen LogP contribution in [0.5, 0.6) is 0 Å². The van der Waals surface area contributed by atoms with E-state index in [1.165, 1.54) is 0 Å². The fourth-order valence-corrected chi connectivity index (χ4v) is 3.65. The molecule has 8 heteroatoms. The molecule has 1 fully saturated rings. The van der Waals surface area contributed by atoms with Gasteiger partial charge in [0.15, 0.2) is 0 Å². The van der Waals surface area contributed by atoms with E-state index < -0.39 is 70.6 Å². The molecule has 0 radical (unpaired) electrons. The van der Waals surface area contributed by atoms with Crippen molar-refractivity contribution < 1.29 is 35.1 Å². The number of halogens is 8. The molecule has 3 rings (SSSR count). The Kier molecular flexibility index (Phi) is 5.18. The summed E-state index contributed by atoms with van der Waals surface area (Å²) in [5, 5.41) is 0. The van der Waals surface area contributed by atoms with Crippen molar-refractivity contribution in [2.24, 2.45) is 0 Å². The topological polar surface area (TPSA) is 0 Å². The molecule has 0 atom stereocenters. The van der Waals surface area contributed by atoms with Crippen molar-refractivity contribution in [3.63, 3.8) is 0 Å². The highest BCUT2D eigenvalue weighted by atomic mass is 19.3. The molecule has 152 valence electrons. The predicted octanol–water partition coefficient (Wildman–Crippen LogP) is 7.01. The van der Waals surface area contributed by atoms with Gasteiger partial charge in [0.2, 0.25) is 0 Å². The number of rotatable bonds is 4. The molecule has 1 saturated carbocycles. The van der Waals surface area contributed by atoms with Crippen LogP contribution in [-0.2, 0) is 6.42 Å². The van der Waals surface area contributed by atoms with Crippen LogP contribution in [-0.4, -0.2) is 11.8 Å². The molecule has 0 nitrogen and oxygen atoms in total. The lowest BCUT2D eigenvalue weighted by atomic mass is 9.92. The third kappa shape index (κ3) is 3.49. The second-order valence-electron chi connectivity index (χ2n) is 7.05. The van der Waals surface area contributed by atoms with Crippen LogP contribution in [0.3, 0.4) is 0 Å². The Morgan fingerprint density at radius 3 is 1.68 bits per heavy atom. The maximum absolute atomic E-state index is 14.4. The fourth-order valence-electron chi connectivity index (χ4n) is 3.65. The van der Waals surface area contributed by atoms with Gasteiger partial charge in [-0.25, -0.2) is 17.6 Å². The minimum absolute atomic E-state index is 0.370. The van der Waals surface area contributed by atoms with Gasteiger partial charge in [-0.15, -0.1) is 0 Å². The molecule has 0 amide bonds. The Bertz CT molecular complexity index is 841. The van der Waals surface area contributed by atoms with Crippen molar-refractivity contribution in [2.75, 3.05) is 0 Å². The molecular weight excluding hydrogens is 392 g/mol. The summed E-state index contributed by atoms with van der Waals surface area (Å²) >= 11 is 0. The summed E-state index contributed by atoms with van der Waals surface area (Å²) in [7, 11) is 0. The molecule has 0 heterocycles. The zero-order chi connectivity index (χ0) is 20.9. The quantitative estimate of drug-likeness (QED) is 0.478. The molecule has 0 unspecified atom stereocenters. The van der Waals surface area contributed by atoms with Crippen molar-refractivity contribution in [3.05, 3.63) is 58.7 Å². The van der Waals surface area contributed by atoms with Gasteiger partial charge in [0.25, 0.3) is 0 Å². The van der Waals surface area contributed by atoms with E-state index in [1.54, 1.807) is 0 Å². The molecule has 0 aliphatic heterocycles. The third-order valence-corrected chi connectivity index (χ3v) is 4.96. The van der Waals surface area contributed by atoms with E-state index in [0.29, 0.717) is 30.5 Å². The molecule has 0 spiro atoms. The molecule has 0 bridgehead atoms. The van der Waals surface area contributed by atoms with Crippen LogP contribution in [0.2, 0.25) is 0 Å². The van der Waals surface area contributed by atoms with E-state index in [0.717, 1.165) is 12.1 Å². The van der Waals surface area contributed by atoms with E-state index in [4.69, 9.17) is 0 Å². The molecule has 1 aliphatic carbocycles. The number of benzene rings is 2. The first kappa shape index (κ1) is 20.6. The van der Waals surface area contributed by atoms with Crippen molar-refractivity contribution in [2.45, 2.75) is 50.4 Å². The maximum atomic E-state index is 14.4. The van der Waals surface area contributed by atoms with Gasteiger partial charge in [0, 0.05) is 24.3 Å². The van der Waals surface area contributed by atoms with Gasteiger partial charge in [-0.3, -0.25) is 0 Å². The first-order valence-electron chi connectivity index (χ1n) is 8.69. The Balaban J connectivity index is 2.03. The first-order chi connectivity index (χ1) is 13.0. The van der Waals surface area contributed by atoms with Gasteiger partial charge in [-0.05, 0) is 41.8 Å². The van der Waals surface area contributed by atoms with E-state index in [1.807, 2.05) is 6.92 Å². The molecule has 0 N–H and O–H groups in total. The van der Waals surface area contributed by atoms with E-state index >= 15 is 0 Å². The lowest BCUT2D eigenvalue weighted by Crippen LogP contribution is -2.33. The zero-order valence-corrected chi connectivity index (χ0v) is 14.7. The zero-order valence-electron chi connectivity index (χ0n) is 14.7. The summed E-state index contributed by atoms with van der Waals surface area (Å²) < 4.78 is 111. The second kappa shape index (κ2) is 7.04. The summed E-state index contributed by atoms with van der Waals surface area (Å²) in [5.41, 5.74) is -1.71. The maximum Gasteiger partial charge on any atom is 0.310 e. The smallest absolute Gasteiger partial charge is 0.207 e. The van der Waals surface area contributed by atoms with Crippen LogP contribution in [0.1, 0.15) is 43.2 Å². The highest BCUT2D eigenvalue weighted by Gasteiger charge is 2.63. The van der Waals surface area contributed by atoms with E-state index in [2.05, 4.69) is 0 Å². The standard InChI is InChI=1S/C20H16F8/c1-2-3-10-4-13(21)17(14(22)5-10)11-6-15(23)18(16(24)7-11)12-8-19(25,26)20(27,28)9-12/h4-7,12H,2-3,8-9H2,1H3. The average Bonchev–Trinajstić information content (AvgIpc) is 2.73. The normalized spacial score (nSPS) is 18.6. The molecular formula is C20H16F8. The van der Waals surface area contributed by atoms with Crippen molar-refractivity contribution in [3.8, 4) is 11.1 Å². The van der Waals surface area contributed by atoms with Crippen molar-refractivity contribution in [1.29, 1.82) is 0 Å². The lowest BCUT2D eigenvalue weighted by Gasteiger charge is -2.16. The van der Waals surface area contributed by atoms with Gasteiger partial charge < -0.3 is 0 Å². The monoisotopic (exact) mass is 408 g/mol. The Hall–Kier alpha value is -2.12. The van der Waals surface area contributed by atoms with Crippen LogP contribution >= 0.6 is 0 Å². The Morgan fingerprint density at radius 1 is 0.786 bits per heavy atom.